The van der Waals surface area contributed by atoms with Crippen LogP contribution >= 0.6 is 0 Å². The molecule has 8 heteroatoms. The topological polar surface area (TPSA) is 85.8 Å². The number of aliphatic imine (C=N–C) groups is 1. The summed E-state index contributed by atoms with van der Waals surface area (Å²) >= 11 is 0. The van der Waals surface area contributed by atoms with E-state index in [9.17, 15) is 14.0 Å². The van der Waals surface area contributed by atoms with Gasteiger partial charge in [0.15, 0.2) is 5.96 Å². The molecular formula is C16H22FN5O2. The highest BCUT2D eigenvalue weighted by atomic mass is 19.1. The molecule has 2 rings (SSSR count). The molecule has 1 saturated heterocycles. The maximum absolute atomic E-state index is 12.9. The van der Waals surface area contributed by atoms with Crippen molar-refractivity contribution < 1.29 is 14.0 Å². The number of urea groups is 1. The first-order chi connectivity index (χ1) is 11.6. The minimum absolute atomic E-state index is 0.0602. The second kappa shape index (κ2) is 8.85. The van der Waals surface area contributed by atoms with Gasteiger partial charge in [-0.1, -0.05) is 12.1 Å². The minimum atomic E-state index is -0.361. The van der Waals surface area contributed by atoms with Crippen molar-refractivity contribution in [2.24, 2.45) is 4.99 Å². The van der Waals surface area contributed by atoms with Crippen LogP contribution in [-0.4, -0.2) is 55.5 Å². The molecule has 0 bridgehead atoms. The van der Waals surface area contributed by atoms with Crippen LogP contribution in [-0.2, 0) is 11.2 Å². The largest absolute Gasteiger partial charge is 0.357 e. The van der Waals surface area contributed by atoms with E-state index in [-0.39, 0.29) is 30.8 Å². The number of halogens is 1. The van der Waals surface area contributed by atoms with Crippen LogP contribution in [0, 0.1) is 5.82 Å². The number of hydrogen-bond donors (Lipinski definition) is 3. The van der Waals surface area contributed by atoms with Gasteiger partial charge in [-0.05, 0) is 31.0 Å². The molecule has 0 saturated carbocycles. The summed E-state index contributed by atoms with van der Waals surface area (Å²) in [6.45, 7) is 3.96. The Kier molecular flexibility index (Phi) is 6.53. The van der Waals surface area contributed by atoms with Gasteiger partial charge in [-0.3, -0.25) is 14.7 Å². The van der Waals surface area contributed by atoms with Gasteiger partial charge in [-0.25, -0.2) is 9.18 Å². The molecule has 1 aliphatic rings. The van der Waals surface area contributed by atoms with Crippen LogP contribution in [0.2, 0.25) is 0 Å². The number of rotatable bonds is 7. The molecule has 1 heterocycles. The zero-order chi connectivity index (χ0) is 17.4. The van der Waals surface area contributed by atoms with Gasteiger partial charge in [-0.2, -0.15) is 0 Å². The van der Waals surface area contributed by atoms with Crippen molar-refractivity contribution in [1.82, 2.24) is 20.9 Å². The predicted octanol–water partition coefficient (Wildman–Crippen LogP) is 0.475. The van der Waals surface area contributed by atoms with E-state index in [1.807, 2.05) is 6.92 Å². The fourth-order valence-electron chi connectivity index (χ4n) is 2.26. The molecule has 0 unspecified atom stereocenters. The smallest absolute Gasteiger partial charge is 0.324 e. The van der Waals surface area contributed by atoms with Crippen LogP contribution in [0.5, 0.6) is 0 Å². The van der Waals surface area contributed by atoms with E-state index in [0.717, 1.165) is 5.56 Å². The van der Waals surface area contributed by atoms with Gasteiger partial charge >= 0.3 is 6.03 Å². The van der Waals surface area contributed by atoms with Gasteiger partial charge in [0.25, 0.3) is 0 Å². The summed E-state index contributed by atoms with van der Waals surface area (Å²) < 4.78 is 12.9. The van der Waals surface area contributed by atoms with E-state index >= 15 is 0 Å². The van der Waals surface area contributed by atoms with Gasteiger partial charge in [0.1, 0.15) is 5.82 Å². The summed E-state index contributed by atoms with van der Waals surface area (Å²) in [5.74, 6) is 0.143. The number of amides is 3. The summed E-state index contributed by atoms with van der Waals surface area (Å²) in [5.41, 5.74) is 1.01. The van der Waals surface area contributed by atoms with Crippen molar-refractivity contribution in [3.63, 3.8) is 0 Å². The molecule has 1 aromatic carbocycles. The van der Waals surface area contributed by atoms with Gasteiger partial charge in [0, 0.05) is 26.2 Å². The second-order valence-electron chi connectivity index (χ2n) is 5.27. The summed E-state index contributed by atoms with van der Waals surface area (Å²) in [6.07, 6.45) is 0.698. The summed E-state index contributed by atoms with van der Waals surface area (Å²) in [4.78, 5) is 28.5. The van der Waals surface area contributed by atoms with Gasteiger partial charge in [-0.15, -0.1) is 0 Å². The van der Waals surface area contributed by atoms with Crippen molar-refractivity contribution in [1.29, 1.82) is 0 Å². The molecule has 3 amide bonds. The van der Waals surface area contributed by atoms with Crippen LogP contribution in [0.15, 0.2) is 29.3 Å². The highest BCUT2D eigenvalue weighted by molar-refractivity contribution is 6.01. The Bertz CT molecular complexity index is 587. The third-order valence-corrected chi connectivity index (χ3v) is 3.49. The van der Waals surface area contributed by atoms with E-state index in [4.69, 9.17) is 0 Å². The van der Waals surface area contributed by atoms with Gasteiger partial charge in [0.05, 0.1) is 6.54 Å². The number of carbonyl (C=O) groups is 2. The lowest BCUT2D eigenvalue weighted by molar-refractivity contribution is -0.124. The molecule has 0 aromatic heterocycles. The maximum atomic E-state index is 12.9. The molecule has 1 aromatic rings. The highest BCUT2D eigenvalue weighted by Crippen LogP contribution is 2.03. The quantitative estimate of drug-likeness (QED) is 0.384. The molecular weight excluding hydrogens is 313 g/mol. The monoisotopic (exact) mass is 335 g/mol. The molecule has 1 aliphatic heterocycles. The third-order valence-electron chi connectivity index (χ3n) is 3.49. The van der Waals surface area contributed by atoms with E-state index < -0.39 is 0 Å². The molecule has 0 spiro atoms. The van der Waals surface area contributed by atoms with Crippen molar-refractivity contribution in [2.45, 2.75) is 13.3 Å². The fourth-order valence-corrected chi connectivity index (χ4v) is 2.26. The number of benzene rings is 1. The van der Waals surface area contributed by atoms with Crippen LogP contribution in [0.4, 0.5) is 9.18 Å². The fraction of sp³-hybridized carbons (Fsp3) is 0.438. The Morgan fingerprint density at radius 2 is 2.04 bits per heavy atom. The number of hydrogen-bond acceptors (Lipinski definition) is 3. The lowest BCUT2D eigenvalue weighted by Gasteiger charge is -2.15. The second-order valence-corrected chi connectivity index (χ2v) is 5.27. The Balaban J connectivity index is 1.78. The Hall–Kier alpha value is -2.64. The summed E-state index contributed by atoms with van der Waals surface area (Å²) in [5, 5.41) is 8.67. The van der Waals surface area contributed by atoms with Crippen LogP contribution in [0.3, 0.4) is 0 Å². The average molecular weight is 335 g/mol. The first-order valence-electron chi connectivity index (χ1n) is 7.95. The van der Waals surface area contributed by atoms with E-state index in [1.165, 1.54) is 17.0 Å². The van der Waals surface area contributed by atoms with E-state index in [1.54, 1.807) is 12.1 Å². The molecule has 24 heavy (non-hydrogen) atoms. The lowest BCUT2D eigenvalue weighted by Crippen LogP contribution is -2.43. The first kappa shape index (κ1) is 17.7. The van der Waals surface area contributed by atoms with Crippen molar-refractivity contribution in [2.75, 3.05) is 32.7 Å². The van der Waals surface area contributed by atoms with Crippen molar-refractivity contribution in [3.8, 4) is 0 Å². The van der Waals surface area contributed by atoms with Crippen molar-refractivity contribution >= 4 is 17.9 Å². The highest BCUT2D eigenvalue weighted by Gasteiger charge is 2.27. The number of imide groups is 1. The predicted molar refractivity (Wildman–Crippen MR) is 89.2 cm³/mol. The molecule has 0 atom stereocenters. The summed E-state index contributed by atoms with van der Waals surface area (Å²) in [6, 6.07) is 5.98. The molecule has 3 N–H and O–H groups in total. The average Bonchev–Trinajstić information content (AvgIpc) is 2.88. The number of nitrogens with one attached hydrogen (secondary N) is 3. The lowest BCUT2D eigenvalue weighted by atomic mass is 10.1. The van der Waals surface area contributed by atoms with Gasteiger partial charge in [0.2, 0.25) is 5.91 Å². The first-order valence-corrected chi connectivity index (χ1v) is 7.95. The Morgan fingerprint density at radius 1 is 1.29 bits per heavy atom. The van der Waals surface area contributed by atoms with Crippen molar-refractivity contribution in [3.05, 3.63) is 35.6 Å². The Morgan fingerprint density at radius 3 is 2.67 bits per heavy atom. The third kappa shape index (κ3) is 5.22. The SMILES string of the molecule is CCNC(=NCCc1ccc(F)cc1)NCCN1C(=O)CNC1=O. The number of guanidine groups is 1. The van der Waals surface area contributed by atoms with Crippen LogP contribution in [0.1, 0.15) is 12.5 Å². The van der Waals surface area contributed by atoms with E-state index in [2.05, 4.69) is 20.9 Å². The van der Waals surface area contributed by atoms with Crippen LogP contribution in [0.25, 0.3) is 0 Å². The van der Waals surface area contributed by atoms with Crippen LogP contribution < -0.4 is 16.0 Å². The normalized spacial score (nSPS) is 14.8. The molecule has 0 aliphatic carbocycles. The molecule has 7 nitrogen and oxygen atoms in total. The Labute approximate surface area is 140 Å². The molecule has 130 valence electrons. The molecule has 1 fully saturated rings. The van der Waals surface area contributed by atoms with E-state index in [0.29, 0.717) is 32.0 Å². The minimum Gasteiger partial charge on any atom is -0.357 e. The number of nitrogens with zero attached hydrogens (tertiary/aromatic N) is 2. The number of carbonyl (C=O) groups excluding carboxylic acids is 2. The zero-order valence-corrected chi connectivity index (χ0v) is 13.6. The maximum Gasteiger partial charge on any atom is 0.324 e. The van der Waals surface area contributed by atoms with Gasteiger partial charge < -0.3 is 16.0 Å². The zero-order valence-electron chi connectivity index (χ0n) is 13.6. The summed E-state index contributed by atoms with van der Waals surface area (Å²) in [7, 11) is 0. The molecule has 0 radical (unpaired) electrons. The standard InChI is InChI=1S/C16H22FN5O2/c1-2-18-15(19-8-7-12-3-5-13(17)6-4-12)20-9-10-22-14(23)11-21-16(22)24/h3-6H,2,7-11H2,1H3,(H,21,24)(H2,18,19,20).